The number of rotatable bonds is 0. The summed E-state index contributed by atoms with van der Waals surface area (Å²) in [5.74, 6) is 1.64. The molecule has 3 nitrogen and oxygen atoms in total. The van der Waals surface area contributed by atoms with Crippen molar-refractivity contribution in [1.29, 1.82) is 0 Å². The van der Waals surface area contributed by atoms with Gasteiger partial charge >= 0.3 is 0 Å². The fourth-order valence-corrected chi connectivity index (χ4v) is 1.17. The Morgan fingerprint density at radius 1 is 1.36 bits per heavy atom. The lowest BCUT2D eigenvalue weighted by Crippen LogP contribution is -2.28. The molecule has 3 heteroatoms. The third-order valence-electron chi connectivity index (χ3n) is 1.72. The molecule has 60 valence electrons. The van der Waals surface area contributed by atoms with Crippen molar-refractivity contribution in [2.45, 2.75) is 6.92 Å². The predicted octanol–water partition coefficient (Wildman–Crippen LogP) is 0.752. The van der Waals surface area contributed by atoms with Gasteiger partial charge in [-0.3, -0.25) is 0 Å². The zero-order chi connectivity index (χ0) is 7.68. The van der Waals surface area contributed by atoms with Gasteiger partial charge in [0.1, 0.15) is 13.2 Å². The fraction of sp³-hybridized carbons (Fsp3) is 0.500. The van der Waals surface area contributed by atoms with Gasteiger partial charge in [0.05, 0.1) is 0 Å². The average Bonchev–Trinajstić information content (AvgIpc) is 2.04. The summed E-state index contributed by atoms with van der Waals surface area (Å²) < 4.78 is 10.7. The van der Waals surface area contributed by atoms with Crippen LogP contribution in [-0.2, 0) is 9.47 Å². The van der Waals surface area contributed by atoms with E-state index in [9.17, 15) is 0 Å². The quantitative estimate of drug-likeness (QED) is 0.557. The topological polar surface area (TPSA) is 30.5 Å². The Labute approximate surface area is 65.7 Å². The minimum Gasteiger partial charge on any atom is -0.484 e. The first-order valence-electron chi connectivity index (χ1n) is 3.77. The molecule has 0 aromatic carbocycles. The first-order valence-corrected chi connectivity index (χ1v) is 3.77. The molecule has 0 aromatic rings. The predicted molar refractivity (Wildman–Crippen MR) is 40.7 cm³/mol. The molecule has 2 aliphatic rings. The van der Waals surface area contributed by atoms with Gasteiger partial charge < -0.3 is 14.8 Å². The minimum absolute atomic E-state index is 0.652. The lowest BCUT2D eigenvalue weighted by molar-refractivity contribution is 0.0569. The first kappa shape index (κ1) is 6.58. The van der Waals surface area contributed by atoms with Gasteiger partial charge in [0.25, 0.3) is 0 Å². The number of hydrogen-bond donors (Lipinski definition) is 1. The van der Waals surface area contributed by atoms with Gasteiger partial charge in [-0.25, -0.2) is 0 Å². The van der Waals surface area contributed by atoms with Crippen LogP contribution in [0, 0.1) is 0 Å². The Morgan fingerprint density at radius 2 is 2.18 bits per heavy atom. The van der Waals surface area contributed by atoms with Gasteiger partial charge in [-0.05, 0) is 13.0 Å². The zero-order valence-electron chi connectivity index (χ0n) is 6.52. The minimum atomic E-state index is 0.652. The van der Waals surface area contributed by atoms with Crippen LogP contribution >= 0.6 is 0 Å². The van der Waals surface area contributed by atoms with Crippen molar-refractivity contribution in [3.05, 3.63) is 23.3 Å². The summed E-state index contributed by atoms with van der Waals surface area (Å²) in [5.41, 5.74) is 1.27. The molecule has 11 heavy (non-hydrogen) atoms. The van der Waals surface area contributed by atoms with Crippen molar-refractivity contribution in [3.63, 3.8) is 0 Å². The molecular weight excluding hydrogens is 142 g/mol. The van der Waals surface area contributed by atoms with Crippen molar-refractivity contribution in [1.82, 2.24) is 5.32 Å². The number of allylic oxidation sites excluding steroid dienone is 1. The Bertz CT molecular complexity index is 230. The maximum atomic E-state index is 5.37. The number of hydrogen-bond acceptors (Lipinski definition) is 3. The van der Waals surface area contributed by atoms with E-state index in [1.807, 2.05) is 6.08 Å². The van der Waals surface area contributed by atoms with Crippen LogP contribution in [0.4, 0.5) is 0 Å². The second-order valence-corrected chi connectivity index (χ2v) is 2.73. The summed E-state index contributed by atoms with van der Waals surface area (Å²) in [4.78, 5) is 0. The molecule has 0 atom stereocenters. The second-order valence-electron chi connectivity index (χ2n) is 2.73. The zero-order valence-corrected chi connectivity index (χ0v) is 6.52. The van der Waals surface area contributed by atoms with Gasteiger partial charge in [-0.1, -0.05) is 5.57 Å². The largest absolute Gasteiger partial charge is 0.484 e. The van der Waals surface area contributed by atoms with Crippen LogP contribution in [0.1, 0.15) is 6.92 Å². The molecule has 0 unspecified atom stereocenters. The van der Waals surface area contributed by atoms with Crippen molar-refractivity contribution in [3.8, 4) is 0 Å². The van der Waals surface area contributed by atoms with Gasteiger partial charge in [0.15, 0.2) is 5.76 Å². The smallest absolute Gasteiger partial charge is 0.230 e. The maximum absolute atomic E-state index is 5.37. The first-order chi connectivity index (χ1) is 5.36. The highest BCUT2D eigenvalue weighted by molar-refractivity contribution is 5.26. The molecule has 0 bridgehead atoms. The van der Waals surface area contributed by atoms with E-state index in [2.05, 4.69) is 12.2 Å². The van der Waals surface area contributed by atoms with Crippen molar-refractivity contribution in [2.75, 3.05) is 19.8 Å². The molecule has 2 aliphatic heterocycles. The summed E-state index contributed by atoms with van der Waals surface area (Å²) in [6, 6.07) is 0. The average molecular weight is 153 g/mol. The number of nitrogens with one attached hydrogen (secondary N) is 1. The normalized spacial score (nSPS) is 22.5. The molecule has 0 saturated heterocycles. The van der Waals surface area contributed by atoms with Gasteiger partial charge in [-0.2, -0.15) is 0 Å². The van der Waals surface area contributed by atoms with Crippen LogP contribution < -0.4 is 5.32 Å². The number of ether oxygens (including phenoxy) is 2. The highest BCUT2D eigenvalue weighted by Gasteiger charge is 2.16. The fourth-order valence-electron chi connectivity index (χ4n) is 1.17. The van der Waals surface area contributed by atoms with E-state index in [1.54, 1.807) is 0 Å². The van der Waals surface area contributed by atoms with Crippen LogP contribution in [0.3, 0.4) is 0 Å². The van der Waals surface area contributed by atoms with Crippen molar-refractivity contribution in [2.24, 2.45) is 0 Å². The number of dihydropyridines is 1. The molecule has 0 radical (unpaired) electrons. The van der Waals surface area contributed by atoms with E-state index >= 15 is 0 Å². The molecule has 0 aromatic heterocycles. The van der Waals surface area contributed by atoms with Crippen molar-refractivity contribution < 1.29 is 9.47 Å². The molecule has 1 N–H and O–H groups in total. The summed E-state index contributed by atoms with van der Waals surface area (Å²) in [7, 11) is 0. The standard InChI is InChI=1S/C8H11NO2/c1-6-4-7-8(9-5-6)11-3-2-10-7/h4,9H,2-3,5H2,1H3. The third kappa shape index (κ3) is 1.18. The van der Waals surface area contributed by atoms with E-state index in [1.165, 1.54) is 5.57 Å². The summed E-state index contributed by atoms with van der Waals surface area (Å²) >= 11 is 0. The van der Waals surface area contributed by atoms with Gasteiger partial charge in [0, 0.05) is 6.54 Å². The highest BCUT2D eigenvalue weighted by Crippen LogP contribution is 2.17. The molecule has 2 rings (SSSR count). The maximum Gasteiger partial charge on any atom is 0.230 e. The molecule has 0 amide bonds. The molecule has 0 fully saturated rings. The van der Waals surface area contributed by atoms with Crippen LogP contribution in [0.5, 0.6) is 0 Å². The SMILES string of the molecule is CC1=CC2=C(NC1)OCCO2. The lowest BCUT2D eigenvalue weighted by atomic mass is 10.2. The Morgan fingerprint density at radius 3 is 3.09 bits per heavy atom. The monoisotopic (exact) mass is 153 g/mol. The molecule has 0 saturated carbocycles. The molecular formula is C8H11NO2. The van der Waals surface area contributed by atoms with E-state index in [0.29, 0.717) is 13.2 Å². The van der Waals surface area contributed by atoms with E-state index in [0.717, 1.165) is 18.2 Å². The summed E-state index contributed by atoms with van der Waals surface area (Å²) in [5, 5.41) is 3.13. The van der Waals surface area contributed by atoms with Gasteiger partial charge in [-0.15, -0.1) is 0 Å². The van der Waals surface area contributed by atoms with Gasteiger partial charge in [0.2, 0.25) is 5.88 Å². The van der Waals surface area contributed by atoms with Crippen LogP contribution in [0.25, 0.3) is 0 Å². The Hall–Kier alpha value is -1.12. The highest BCUT2D eigenvalue weighted by atomic mass is 16.6. The molecule has 0 aliphatic carbocycles. The van der Waals surface area contributed by atoms with Crippen LogP contribution in [0.2, 0.25) is 0 Å². The molecule has 0 spiro atoms. The third-order valence-corrected chi connectivity index (χ3v) is 1.72. The van der Waals surface area contributed by atoms with Crippen LogP contribution in [0.15, 0.2) is 23.3 Å². The Kier molecular flexibility index (Phi) is 1.49. The van der Waals surface area contributed by atoms with Crippen molar-refractivity contribution >= 4 is 0 Å². The summed E-state index contributed by atoms with van der Waals surface area (Å²) in [6.45, 7) is 4.24. The van der Waals surface area contributed by atoms with E-state index in [-0.39, 0.29) is 0 Å². The van der Waals surface area contributed by atoms with Crippen LogP contribution in [-0.4, -0.2) is 19.8 Å². The molecule has 2 heterocycles. The second kappa shape index (κ2) is 2.49. The van der Waals surface area contributed by atoms with E-state index < -0.39 is 0 Å². The lowest BCUT2D eigenvalue weighted by Gasteiger charge is -2.24. The Balaban J connectivity index is 2.25. The summed E-state index contributed by atoms with van der Waals surface area (Å²) in [6.07, 6.45) is 2.02. The van der Waals surface area contributed by atoms with E-state index in [4.69, 9.17) is 9.47 Å².